The molecule has 0 amide bonds. The Morgan fingerprint density at radius 2 is 1.67 bits per heavy atom. The first kappa shape index (κ1) is 14.9. The normalized spacial score (nSPS) is 13.0. The van der Waals surface area contributed by atoms with Crippen molar-refractivity contribution in [3.8, 4) is 0 Å². The van der Waals surface area contributed by atoms with Crippen molar-refractivity contribution in [1.82, 2.24) is 4.90 Å². The predicted octanol–water partition coefficient (Wildman–Crippen LogP) is 3.16. The van der Waals surface area contributed by atoms with Gasteiger partial charge in [0.2, 0.25) is 0 Å². The van der Waals surface area contributed by atoms with Gasteiger partial charge in [0.25, 0.3) is 0 Å². The van der Waals surface area contributed by atoms with E-state index in [0.717, 1.165) is 19.5 Å². The molecule has 2 heteroatoms. The average molecular weight is 247 g/mol. The second-order valence-corrected chi connectivity index (χ2v) is 4.98. The number of hydrogen-bond acceptors (Lipinski definition) is 2. The van der Waals surface area contributed by atoms with Crippen molar-refractivity contribution in [3.63, 3.8) is 0 Å². The number of nitrogens with zero attached hydrogens (tertiary/aromatic N) is 1. The monoisotopic (exact) mass is 247 g/mol. The van der Waals surface area contributed by atoms with Crippen molar-refractivity contribution in [1.29, 1.82) is 0 Å². The largest absolute Gasteiger partial charge is 0.298 e. The molecule has 1 aromatic carbocycles. The predicted molar refractivity (Wildman–Crippen MR) is 76.7 cm³/mol. The highest BCUT2D eigenvalue weighted by Crippen LogP contribution is 2.13. The molecule has 0 radical (unpaired) electrons. The lowest BCUT2D eigenvalue weighted by Gasteiger charge is -2.30. The van der Waals surface area contributed by atoms with Crippen LogP contribution in [0, 0.1) is 5.92 Å². The summed E-state index contributed by atoms with van der Waals surface area (Å²) >= 11 is 0. The van der Waals surface area contributed by atoms with Crippen molar-refractivity contribution in [2.24, 2.45) is 5.92 Å². The minimum absolute atomic E-state index is 0.0161. The quantitative estimate of drug-likeness (QED) is 0.737. The number of Topliss-reactive ketones (excluding diaryl/α,β-unsaturated/α-hetero) is 1. The van der Waals surface area contributed by atoms with Gasteiger partial charge < -0.3 is 0 Å². The summed E-state index contributed by atoms with van der Waals surface area (Å²) in [6.07, 6.45) is 0.819. The minimum atomic E-state index is 0.0161. The molecule has 0 bridgehead atoms. The summed E-state index contributed by atoms with van der Waals surface area (Å²) in [5, 5.41) is 0. The van der Waals surface area contributed by atoms with E-state index in [4.69, 9.17) is 0 Å². The second-order valence-electron chi connectivity index (χ2n) is 4.98. The zero-order valence-corrected chi connectivity index (χ0v) is 12.0. The SMILES string of the molecule is CCN(CC)[C@@H](Cc1ccccc1)C(=O)C(C)C. The Morgan fingerprint density at radius 1 is 1.11 bits per heavy atom. The van der Waals surface area contributed by atoms with E-state index in [9.17, 15) is 4.79 Å². The highest BCUT2D eigenvalue weighted by Gasteiger charge is 2.25. The van der Waals surface area contributed by atoms with Gasteiger partial charge in [-0.1, -0.05) is 58.0 Å². The number of ketones is 1. The fourth-order valence-electron chi connectivity index (χ4n) is 2.30. The van der Waals surface area contributed by atoms with E-state index >= 15 is 0 Å². The number of carbonyl (C=O) groups is 1. The van der Waals surface area contributed by atoms with Crippen molar-refractivity contribution in [2.75, 3.05) is 13.1 Å². The molecule has 0 N–H and O–H groups in total. The summed E-state index contributed by atoms with van der Waals surface area (Å²) in [6.45, 7) is 10.1. The summed E-state index contributed by atoms with van der Waals surface area (Å²) in [4.78, 5) is 14.6. The summed E-state index contributed by atoms with van der Waals surface area (Å²) in [5.74, 6) is 0.446. The lowest BCUT2D eigenvalue weighted by atomic mass is 9.94. The van der Waals surface area contributed by atoms with Gasteiger partial charge in [-0.15, -0.1) is 0 Å². The van der Waals surface area contributed by atoms with E-state index in [2.05, 4.69) is 30.9 Å². The maximum atomic E-state index is 12.4. The molecule has 0 aliphatic heterocycles. The van der Waals surface area contributed by atoms with Crippen LogP contribution in [-0.2, 0) is 11.2 Å². The first-order valence-corrected chi connectivity index (χ1v) is 6.91. The van der Waals surface area contributed by atoms with Crippen LogP contribution < -0.4 is 0 Å². The Bertz CT molecular complexity index is 355. The van der Waals surface area contributed by atoms with Crippen molar-refractivity contribution >= 4 is 5.78 Å². The smallest absolute Gasteiger partial charge is 0.152 e. The third-order valence-electron chi connectivity index (χ3n) is 3.42. The second kappa shape index (κ2) is 7.32. The molecule has 0 aliphatic carbocycles. The maximum absolute atomic E-state index is 12.4. The molecule has 1 aromatic rings. The fourth-order valence-corrected chi connectivity index (χ4v) is 2.30. The number of carbonyl (C=O) groups excluding carboxylic acids is 1. The topological polar surface area (TPSA) is 20.3 Å². The van der Waals surface area contributed by atoms with Crippen LogP contribution in [0.2, 0.25) is 0 Å². The standard InChI is InChI=1S/C16H25NO/c1-5-17(6-2)15(16(18)13(3)4)12-14-10-8-7-9-11-14/h7-11,13,15H,5-6,12H2,1-4H3/t15-/m0/s1. The lowest BCUT2D eigenvalue weighted by molar-refractivity contribution is -0.127. The molecule has 1 atom stereocenters. The Morgan fingerprint density at radius 3 is 2.11 bits per heavy atom. The van der Waals surface area contributed by atoms with E-state index in [1.54, 1.807) is 0 Å². The van der Waals surface area contributed by atoms with Crippen LogP contribution in [0.1, 0.15) is 33.3 Å². The van der Waals surface area contributed by atoms with E-state index in [1.807, 2.05) is 32.0 Å². The van der Waals surface area contributed by atoms with Gasteiger partial charge in [-0.2, -0.15) is 0 Å². The van der Waals surface area contributed by atoms with Gasteiger partial charge in [-0.3, -0.25) is 9.69 Å². The molecule has 1 rings (SSSR count). The van der Waals surface area contributed by atoms with Crippen molar-refractivity contribution in [3.05, 3.63) is 35.9 Å². The first-order chi connectivity index (χ1) is 8.60. The summed E-state index contributed by atoms with van der Waals surface area (Å²) in [7, 11) is 0. The van der Waals surface area contributed by atoms with E-state index in [-0.39, 0.29) is 12.0 Å². The minimum Gasteiger partial charge on any atom is -0.298 e. The Balaban J connectivity index is 2.87. The maximum Gasteiger partial charge on any atom is 0.152 e. The zero-order chi connectivity index (χ0) is 13.5. The van der Waals surface area contributed by atoms with E-state index < -0.39 is 0 Å². The molecule has 0 saturated carbocycles. The molecule has 0 spiro atoms. The van der Waals surface area contributed by atoms with Crippen LogP contribution in [-0.4, -0.2) is 29.8 Å². The van der Waals surface area contributed by atoms with Crippen LogP contribution >= 0.6 is 0 Å². The van der Waals surface area contributed by atoms with Crippen LogP contribution in [0.15, 0.2) is 30.3 Å². The number of likely N-dealkylation sites (N-methyl/N-ethyl adjacent to an activating group) is 1. The Hall–Kier alpha value is -1.15. The summed E-state index contributed by atoms with van der Waals surface area (Å²) < 4.78 is 0. The Labute approximate surface area is 111 Å². The molecule has 0 aliphatic rings. The molecule has 2 nitrogen and oxygen atoms in total. The van der Waals surface area contributed by atoms with Gasteiger partial charge in [0.1, 0.15) is 0 Å². The zero-order valence-electron chi connectivity index (χ0n) is 12.0. The van der Waals surface area contributed by atoms with Crippen LogP contribution in [0.5, 0.6) is 0 Å². The number of benzene rings is 1. The highest BCUT2D eigenvalue weighted by atomic mass is 16.1. The molecular formula is C16H25NO. The lowest BCUT2D eigenvalue weighted by Crippen LogP contribution is -2.44. The molecule has 0 aromatic heterocycles. The molecule has 0 fully saturated rings. The third kappa shape index (κ3) is 3.95. The Kier molecular flexibility index (Phi) is 6.06. The summed E-state index contributed by atoms with van der Waals surface area (Å²) in [6, 6.07) is 10.3. The molecular weight excluding hydrogens is 222 g/mol. The molecule has 100 valence electrons. The van der Waals surface area contributed by atoms with Crippen molar-refractivity contribution in [2.45, 2.75) is 40.2 Å². The molecule has 0 saturated heterocycles. The number of rotatable bonds is 7. The van der Waals surface area contributed by atoms with Crippen LogP contribution in [0.4, 0.5) is 0 Å². The van der Waals surface area contributed by atoms with E-state index in [1.165, 1.54) is 5.56 Å². The average Bonchev–Trinajstić information content (AvgIpc) is 2.39. The van der Waals surface area contributed by atoms with Gasteiger partial charge in [0, 0.05) is 5.92 Å². The van der Waals surface area contributed by atoms with Gasteiger partial charge in [0.15, 0.2) is 5.78 Å². The van der Waals surface area contributed by atoms with Crippen LogP contribution in [0.3, 0.4) is 0 Å². The third-order valence-corrected chi connectivity index (χ3v) is 3.42. The van der Waals surface area contributed by atoms with Gasteiger partial charge >= 0.3 is 0 Å². The van der Waals surface area contributed by atoms with Crippen molar-refractivity contribution < 1.29 is 4.79 Å². The van der Waals surface area contributed by atoms with E-state index in [0.29, 0.717) is 5.78 Å². The molecule has 18 heavy (non-hydrogen) atoms. The number of hydrogen-bond donors (Lipinski definition) is 0. The highest BCUT2D eigenvalue weighted by molar-refractivity contribution is 5.86. The van der Waals surface area contributed by atoms with Gasteiger partial charge in [-0.05, 0) is 25.1 Å². The summed E-state index contributed by atoms with van der Waals surface area (Å²) in [5.41, 5.74) is 1.24. The first-order valence-electron chi connectivity index (χ1n) is 6.91. The van der Waals surface area contributed by atoms with Crippen LogP contribution in [0.25, 0.3) is 0 Å². The molecule has 0 unspecified atom stereocenters. The molecule has 0 heterocycles. The van der Waals surface area contributed by atoms with Gasteiger partial charge in [0.05, 0.1) is 6.04 Å². The fraction of sp³-hybridized carbons (Fsp3) is 0.562. The van der Waals surface area contributed by atoms with Gasteiger partial charge in [-0.25, -0.2) is 0 Å².